The minimum Gasteiger partial charge on any atom is -0.403 e. The monoisotopic (exact) mass is 222 g/mol. The molecule has 0 radical (unpaired) electrons. The minimum atomic E-state index is -0.254. The van der Waals surface area contributed by atoms with E-state index in [1.54, 1.807) is 6.20 Å². The molecule has 1 fully saturated rings. The molecule has 1 aromatic rings. The van der Waals surface area contributed by atoms with Gasteiger partial charge in [0.05, 0.1) is 11.2 Å². The largest absolute Gasteiger partial charge is 0.464 e. The SMILES string of the molecule is Cn1nccc1CB1OC(C)(C)C(C)(C)O1. The molecule has 0 bridgehead atoms. The van der Waals surface area contributed by atoms with Crippen LogP contribution in [0.1, 0.15) is 33.4 Å². The maximum Gasteiger partial charge on any atom is 0.464 e. The summed E-state index contributed by atoms with van der Waals surface area (Å²) in [7, 11) is 1.75. The molecule has 1 saturated heterocycles. The molecule has 1 aliphatic heterocycles. The molecule has 5 heteroatoms. The molecule has 2 heterocycles. The molecule has 0 aliphatic carbocycles. The van der Waals surface area contributed by atoms with Crippen molar-refractivity contribution in [2.45, 2.75) is 45.2 Å². The van der Waals surface area contributed by atoms with Crippen molar-refractivity contribution < 1.29 is 9.31 Å². The fourth-order valence-electron chi connectivity index (χ4n) is 1.82. The average molecular weight is 222 g/mol. The molecule has 1 aromatic heterocycles. The standard InChI is InChI=1S/C11H19BN2O2/c1-10(2)11(3,4)16-12(15-10)8-9-6-7-13-14(9)5/h6-7H,8H2,1-5H3. The first-order chi connectivity index (χ1) is 7.32. The first-order valence-corrected chi connectivity index (χ1v) is 5.64. The zero-order valence-electron chi connectivity index (χ0n) is 10.7. The van der Waals surface area contributed by atoms with Crippen LogP contribution in [-0.4, -0.2) is 28.1 Å². The van der Waals surface area contributed by atoms with Crippen LogP contribution in [0.5, 0.6) is 0 Å². The Balaban J connectivity index is 2.08. The number of nitrogens with zero attached hydrogens (tertiary/aromatic N) is 2. The van der Waals surface area contributed by atoms with Gasteiger partial charge in [0.15, 0.2) is 0 Å². The Morgan fingerprint density at radius 2 is 1.81 bits per heavy atom. The van der Waals surface area contributed by atoms with Gasteiger partial charge < -0.3 is 9.31 Å². The van der Waals surface area contributed by atoms with Crippen LogP contribution in [-0.2, 0) is 22.7 Å². The van der Waals surface area contributed by atoms with Crippen molar-refractivity contribution in [3.05, 3.63) is 18.0 Å². The van der Waals surface area contributed by atoms with Gasteiger partial charge in [0.25, 0.3) is 0 Å². The van der Waals surface area contributed by atoms with E-state index in [1.807, 2.05) is 17.8 Å². The fraction of sp³-hybridized carbons (Fsp3) is 0.727. The Bertz CT molecular complexity index is 371. The Hall–Kier alpha value is -0.805. The van der Waals surface area contributed by atoms with E-state index in [-0.39, 0.29) is 18.3 Å². The van der Waals surface area contributed by atoms with Gasteiger partial charge in [-0.05, 0) is 33.8 Å². The van der Waals surface area contributed by atoms with Gasteiger partial charge in [0.2, 0.25) is 0 Å². The van der Waals surface area contributed by atoms with E-state index in [0.29, 0.717) is 0 Å². The van der Waals surface area contributed by atoms with Crippen molar-refractivity contribution in [1.29, 1.82) is 0 Å². The second-order valence-corrected chi connectivity index (χ2v) is 5.34. The summed E-state index contributed by atoms with van der Waals surface area (Å²) >= 11 is 0. The second kappa shape index (κ2) is 3.60. The van der Waals surface area contributed by atoms with E-state index in [4.69, 9.17) is 9.31 Å². The van der Waals surface area contributed by atoms with Crippen molar-refractivity contribution in [3.8, 4) is 0 Å². The van der Waals surface area contributed by atoms with Gasteiger partial charge in [-0.2, -0.15) is 5.10 Å². The van der Waals surface area contributed by atoms with Gasteiger partial charge in [-0.25, -0.2) is 0 Å². The molecule has 0 spiro atoms. The lowest BCUT2D eigenvalue weighted by molar-refractivity contribution is 0.00578. The van der Waals surface area contributed by atoms with Crippen molar-refractivity contribution >= 4 is 7.12 Å². The van der Waals surface area contributed by atoms with Crippen molar-refractivity contribution in [1.82, 2.24) is 9.78 Å². The van der Waals surface area contributed by atoms with E-state index in [1.165, 1.54) is 0 Å². The molecule has 0 atom stereocenters. The highest BCUT2D eigenvalue weighted by molar-refractivity contribution is 6.44. The third-order valence-corrected chi connectivity index (χ3v) is 3.60. The molecule has 88 valence electrons. The molecule has 1 aliphatic rings. The Kier molecular flexibility index (Phi) is 2.63. The van der Waals surface area contributed by atoms with Crippen LogP contribution in [0, 0.1) is 0 Å². The van der Waals surface area contributed by atoms with E-state index in [2.05, 4.69) is 32.8 Å². The number of aryl methyl sites for hydroxylation is 1. The van der Waals surface area contributed by atoms with Gasteiger partial charge in [-0.3, -0.25) is 4.68 Å². The van der Waals surface area contributed by atoms with Gasteiger partial charge in [0.1, 0.15) is 0 Å². The fourth-order valence-corrected chi connectivity index (χ4v) is 1.82. The summed E-state index contributed by atoms with van der Waals surface area (Å²) in [5.74, 6) is 0. The highest BCUT2D eigenvalue weighted by Crippen LogP contribution is 2.37. The first-order valence-electron chi connectivity index (χ1n) is 5.64. The van der Waals surface area contributed by atoms with Crippen LogP contribution in [0.15, 0.2) is 12.3 Å². The number of hydrogen-bond donors (Lipinski definition) is 0. The summed E-state index contributed by atoms with van der Waals surface area (Å²) in [6.45, 7) is 8.26. The molecule has 0 unspecified atom stereocenters. The highest BCUT2D eigenvalue weighted by atomic mass is 16.7. The lowest BCUT2D eigenvalue weighted by Gasteiger charge is -2.32. The topological polar surface area (TPSA) is 36.3 Å². The predicted octanol–water partition coefficient (Wildman–Crippen LogP) is 1.59. The van der Waals surface area contributed by atoms with E-state index >= 15 is 0 Å². The van der Waals surface area contributed by atoms with Gasteiger partial charge in [-0.15, -0.1) is 0 Å². The summed E-state index contributed by atoms with van der Waals surface area (Å²) in [6, 6.07) is 1.99. The van der Waals surface area contributed by atoms with Gasteiger partial charge >= 0.3 is 7.12 Å². The van der Waals surface area contributed by atoms with Crippen molar-refractivity contribution in [2.24, 2.45) is 7.05 Å². The minimum absolute atomic E-state index is 0.180. The number of aromatic nitrogens is 2. The smallest absolute Gasteiger partial charge is 0.403 e. The summed E-state index contributed by atoms with van der Waals surface area (Å²) in [6.07, 6.45) is 2.53. The lowest BCUT2D eigenvalue weighted by Crippen LogP contribution is -2.41. The molecule has 2 rings (SSSR count). The van der Waals surface area contributed by atoms with Crippen molar-refractivity contribution in [2.75, 3.05) is 0 Å². The quantitative estimate of drug-likeness (QED) is 0.713. The van der Waals surface area contributed by atoms with Crippen LogP contribution < -0.4 is 0 Å². The highest BCUT2D eigenvalue weighted by Gasteiger charge is 2.50. The second-order valence-electron chi connectivity index (χ2n) is 5.34. The Labute approximate surface area is 97.1 Å². The summed E-state index contributed by atoms with van der Waals surface area (Å²) < 4.78 is 13.7. The molecular formula is C11H19BN2O2. The predicted molar refractivity (Wildman–Crippen MR) is 63.0 cm³/mol. The summed E-state index contributed by atoms with van der Waals surface area (Å²) in [5, 5.41) is 4.14. The molecule has 0 aromatic carbocycles. The molecule has 4 nitrogen and oxygen atoms in total. The summed E-state index contributed by atoms with van der Waals surface area (Å²) in [4.78, 5) is 0. The Morgan fingerprint density at radius 3 is 2.25 bits per heavy atom. The van der Waals surface area contributed by atoms with E-state index in [9.17, 15) is 0 Å². The van der Waals surface area contributed by atoms with Gasteiger partial charge in [-0.1, -0.05) is 0 Å². The molecular weight excluding hydrogens is 203 g/mol. The van der Waals surface area contributed by atoms with Crippen molar-refractivity contribution in [3.63, 3.8) is 0 Å². The maximum atomic E-state index is 5.93. The van der Waals surface area contributed by atoms with Crippen LogP contribution >= 0.6 is 0 Å². The maximum absolute atomic E-state index is 5.93. The van der Waals surface area contributed by atoms with Crippen LogP contribution in [0.3, 0.4) is 0 Å². The molecule has 0 saturated carbocycles. The third-order valence-electron chi connectivity index (χ3n) is 3.60. The number of rotatable bonds is 2. The normalized spacial score (nSPS) is 22.7. The van der Waals surface area contributed by atoms with Crippen LogP contribution in [0.25, 0.3) is 0 Å². The Morgan fingerprint density at radius 1 is 1.25 bits per heavy atom. The molecule has 16 heavy (non-hydrogen) atoms. The van der Waals surface area contributed by atoms with Crippen LogP contribution in [0.2, 0.25) is 0 Å². The van der Waals surface area contributed by atoms with E-state index < -0.39 is 0 Å². The van der Waals surface area contributed by atoms with Crippen LogP contribution in [0.4, 0.5) is 0 Å². The molecule has 0 amide bonds. The van der Waals surface area contributed by atoms with Gasteiger partial charge in [0, 0.05) is 25.3 Å². The molecule has 0 N–H and O–H groups in total. The number of hydrogen-bond acceptors (Lipinski definition) is 3. The lowest BCUT2D eigenvalue weighted by atomic mass is 9.83. The summed E-state index contributed by atoms with van der Waals surface area (Å²) in [5.41, 5.74) is 0.616. The first kappa shape index (κ1) is 11.7. The zero-order valence-corrected chi connectivity index (χ0v) is 10.7. The third kappa shape index (κ3) is 1.89. The average Bonchev–Trinajstić information content (AvgIpc) is 2.57. The zero-order chi connectivity index (χ0) is 12.0. The van der Waals surface area contributed by atoms with E-state index in [0.717, 1.165) is 12.0 Å².